The summed E-state index contributed by atoms with van der Waals surface area (Å²) >= 11 is 0. The quantitative estimate of drug-likeness (QED) is 0.884. The predicted molar refractivity (Wildman–Crippen MR) is 84.8 cm³/mol. The molecule has 0 radical (unpaired) electrons. The van der Waals surface area contributed by atoms with E-state index in [1.54, 1.807) is 0 Å². The molecule has 0 spiro atoms. The van der Waals surface area contributed by atoms with E-state index in [1.165, 1.54) is 6.26 Å². The zero-order valence-electron chi connectivity index (χ0n) is 12.7. The molecule has 0 bridgehead atoms. The molecule has 2 aliphatic rings. The van der Waals surface area contributed by atoms with Gasteiger partial charge >= 0.3 is 0 Å². The van der Waals surface area contributed by atoms with Crippen LogP contribution in [-0.2, 0) is 21.2 Å². The number of hydrogen-bond acceptors (Lipinski definition) is 3. The van der Waals surface area contributed by atoms with Crippen molar-refractivity contribution in [1.29, 1.82) is 0 Å². The largest absolute Gasteiger partial charge is 0.337 e. The van der Waals surface area contributed by atoms with Gasteiger partial charge < -0.3 is 4.90 Å². The number of amides is 1. The molecule has 3 rings (SSSR count). The van der Waals surface area contributed by atoms with Crippen LogP contribution in [0.4, 0.5) is 0 Å². The zero-order chi connectivity index (χ0) is 15.7. The minimum Gasteiger partial charge on any atom is -0.337 e. The van der Waals surface area contributed by atoms with Crippen molar-refractivity contribution < 1.29 is 13.2 Å². The first kappa shape index (κ1) is 15.5. The van der Waals surface area contributed by atoms with E-state index in [0.29, 0.717) is 19.4 Å². The van der Waals surface area contributed by atoms with Crippen molar-refractivity contribution in [1.82, 2.24) is 9.62 Å². The Hall–Kier alpha value is -1.40. The number of nitrogens with zero attached hydrogens (tertiary/aromatic N) is 1. The van der Waals surface area contributed by atoms with Crippen molar-refractivity contribution in [3.05, 3.63) is 35.9 Å². The average molecular weight is 322 g/mol. The van der Waals surface area contributed by atoms with Crippen LogP contribution in [0.1, 0.15) is 24.8 Å². The second-order valence-corrected chi connectivity index (χ2v) is 8.13. The van der Waals surface area contributed by atoms with Gasteiger partial charge in [-0.1, -0.05) is 30.3 Å². The first-order chi connectivity index (χ1) is 10.4. The Kier molecular flexibility index (Phi) is 4.23. The number of nitrogens with one attached hydrogen (secondary N) is 1. The molecule has 6 heteroatoms. The van der Waals surface area contributed by atoms with E-state index in [0.717, 1.165) is 18.4 Å². The third-order valence-electron chi connectivity index (χ3n) is 4.41. The van der Waals surface area contributed by atoms with Gasteiger partial charge in [-0.15, -0.1) is 0 Å². The normalized spacial score (nSPS) is 25.4. The maximum Gasteiger partial charge on any atom is 0.225 e. The summed E-state index contributed by atoms with van der Waals surface area (Å²) in [5.74, 6) is 0.356. The molecule has 1 saturated heterocycles. The summed E-state index contributed by atoms with van der Waals surface area (Å²) in [6, 6.07) is 9.65. The highest BCUT2D eigenvalue weighted by atomic mass is 32.2. The monoisotopic (exact) mass is 322 g/mol. The molecule has 1 aliphatic carbocycles. The molecule has 0 aromatic heterocycles. The van der Waals surface area contributed by atoms with E-state index in [4.69, 9.17) is 0 Å². The lowest BCUT2D eigenvalue weighted by Gasteiger charge is -2.28. The third kappa shape index (κ3) is 3.67. The summed E-state index contributed by atoms with van der Waals surface area (Å²) in [4.78, 5) is 14.4. The van der Waals surface area contributed by atoms with Gasteiger partial charge in [-0.3, -0.25) is 4.79 Å². The molecule has 1 saturated carbocycles. The number of sulfonamides is 1. The van der Waals surface area contributed by atoms with Gasteiger partial charge in [0.1, 0.15) is 0 Å². The number of likely N-dealkylation sites (tertiary alicyclic amines) is 1. The lowest BCUT2D eigenvalue weighted by molar-refractivity contribution is -0.133. The van der Waals surface area contributed by atoms with E-state index in [-0.39, 0.29) is 23.9 Å². The fourth-order valence-corrected chi connectivity index (χ4v) is 4.04. The fourth-order valence-electron chi connectivity index (χ4n) is 3.21. The van der Waals surface area contributed by atoms with Crippen molar-refractivity contribution in [2.45, 2.75) is 37.8 Å². The summed E-state index contributed by atoms with van der Waals surface area (Å²) in [6.07, 6.45) is 4.49. The van der Waals surface area contributed by atoms with Gasteiger partial charge in [0, 0.05) is 18.5 Å². The average Bonchev–Trinajstić information content (AvgIpc) is 3.24. The number of carbonyl (C=O) groups is 1. The van der Waals surface area contributed by atoms with Crippen molar-refractivity contribution in [3.63, 3.8) is 0 Å². The summed E-state index contributed by atoms with van der Waals surface area (Å²) in [6.45, 7) is 0.639. The summed E-state index contributed by atoms with van der Waals surface area (Å²) < 4.78 is 25.9. The molecule has 1 N–H and O–H groups in total. The van der Waals surface area contributed by atoms with Gasteiger partial charge in [0.05, 0.1) is 12.3 Å². The van der Waals surface area contributed by atoms with Crippen LogP contribution < -0.4 is 4.72 Å². The van der Waals surface area contributed by atoms with Gasteiger partial charge in [-0.2, -0.15) is 0 Å². The topological polar surface area (TPSA) is 66.5 Å². The third-order valence-corrected chi connectivity index (χ3v) is 5.14. The van der Waals surface area contributed by atoms with Gasteiger partial charge in [0.2, 0.25) is 15.9 Å². The molecule has 1 aliphatic heterocycles. The van der Waals surface area contributed by atoms with Gasteiger partial charge in [0.15, 0.2) is 0 Å². The van der Waals surface area contributed by atoms with Crippen LogP contribution in [0.3, 0.4) is 0 Å². The Morgan fingerprint density at radius 3 is 2.50 bits per heavy atom. The van der Waals surface area contributed by atoms with Crippen LogP contribution in [0, 0.1) is 5.92 Å². The van der Waals surface area contributed by atoms with Gasteiger partial charge in [-0.05, 0) is 31.2 Å². The van der Waals surface area contributed by atoms with E-state index in [9.17, 15) is 13.2 Å². The fraction of sp³-hybridized carbons (Fsp3) is 0.562. The Labute approximate surface area is 131 Å². The number of hydrogen-bond donors (Lipinski definition) is 1. The molecule has 1 heterocycles. The first-order valence-corrected chi connectivity index (χ1v) is 9.65. The Morgan fingerprint density at radius 2 is 1.91 bits per heavy atom. The van der Waals surface area contributed by atoms with Crippen LogP contribution in [-0.4, -0.2) is 44.1 Å². The second-order valence-electron chi connectivity index (χ2n) is 6.35. The second kappa shape index (κ2) is 6.01. The minimum absolute atomic E-state index is 0.0924. The minimum atomic E-state index is -3.27. The molecular formula is C16H22N2O3S. The van der Waals surface area contributed by atoms with Crippen molar-refractivity contribution in [2.24, 2.45) is 5.92 Å². The lowest BCUT2D eigenvalue weighted by Crippen LogP contribution is -2.48. The molecule has 2 atom stereocenters. The number of rotatable bonds is 5. The molecule has 120 valence electrons. The molecule has 1 aromatic rings. The maximum absolute atomic E-state index is 12.5. The van der Waals surface area contributed by atoms with Crippen LogP contribution in [0.5, 0.6) is 0 Å². The van der Waals surface area contributed by atoms with Crippen molar-refractivity contribution >= 4 is 15.9 Å². The van der Waals surface area contributed by atoms with Gasteiger partial charge in [0.25, 0.3) is 0 Å². The van der Waals surface area contributed by atoms with Crippen LogP contribution in [0.25, 0.3) is 0 Å². The Morgan fingerprint density at radius 1 is 1.23 bits per heavy atom. The van der Waals surface area contributed by atoms with Crippen LogP contribution >= 0.6 is 0 Å². The summed E-state index contributed by atoms with van der Waals surface area (Å²) in [5.41, 5.74) is 1.13. The Bertz CT molecular complexity index is 641. The standard InChI is InChI=1S/C16H22N2O3S/c1-22(20,21)17-14-9-10-18(16(19)13-7-8-13)15(14)11-12-5-3-2-4-6-12/h2-6,13-15,17H,7-11H2,1H3/t14-,15+/m1/s1. The van der Waals surface area contributed by atoms with E-state index < -0.39 is 10.0 Å². The molecule has 1 aromatic carbocycles. The lowest BCUT2D eigenvalue weighted by atomic mass is 10.0. The molecule has 22 heavy (non-hydrogen) atoms. The first-order valence-electron chi connectivity index (χ1n) is 7.76. The molecule has 1 amide bonds. The Balaban J connectivity index is 1.80. The van der Waals surface area contributed by atoms with Crippen LogP contribution in [0.2, 0.25) is 0 Å². The van der Waals surface area contributed by atoms with E-state index in [1.807, 2.05) is 35.2 Å². The maximum atomic E-state index is 12.5. The predicted octanol–water partition coefficient (Wildman–Crippen LogP) is 1.16. The summed E-state index contributed by atoms with van der Waals surface area (Å²) in [7, 11) is -3.27. The number of carbonyl (C=O) groups excluding carboxylic acids is 1. The zero-order valence-corrected chi connectivity index (χ0v) is 13.6. The molecule has 5 nitrogen and oxygen atoms in total. The SMILES string of the molecule is CS(=O)(=O)N[C@@H]1CCN(C(=O)C2CC2)[C@H]1Cc1ccccc1. The molecular weight excluding hydrogens is 300 g/mol. The molecule has 0 unspecified atom stereocenters. The van der Waals surface area contributed by atoms with E-state index >= 15 is 0 Å². The molecule has 2 fully saturated rings. The highest BCUT2D eigenvalue weighted by Crippen LogP contribution is 2.34. The highest BCUT2D eigenvalue weighted by molar-refractivity contribution is 7.88. The van der Waals surface area contributed by atoms with Gasteiger partial charge in [-0.25, -0.2) is 13.1 Å². The smallest absolute Gasteiger partial charge is 0.225 e. The summed E-state index contributed by atoms with van der Waals surface area (Å²) in [5, 5.41) is 0. The highest BCUT2D eigenvalue weighted by Gasteiger charge is 2.43. The van der Waals surface area contributed by atoms with E-state index in [2.05, 4.69) is 4.72 Å². The van der Waals surface area contributed by atoms with Crippen molar-refractivity contribution in [3.8, 4) is 0 Å². The van der Waals surface area contributed by atoms with Crippen molar-refractivity contribution in [2.75, 3.05) is 12.8 Å². The number of benzene rings is 1. The van der Waals surface area contributed by atoms with Crippen LogP contribution in [0.15, 0.2) is 30.3 Å².